The lowest BCUT2D eigenvalue weighted by Crippen LogP contribution is -2.12. The maximum Gasteiger partial charge on any atom is 0.159 e. The van der Waals surface area contributed by atoms with Crippen molar-refractivity contribution in [3.8, 4) is 0 Å². The van der Waals surface area contributed by atoms with Crippen molar-refractivity contribution in [3.05, 3.63) is 71.0 Å². The van der Waals surface area contributed by atoms with Crippen molar-refractivity contribution in [2.24, 2.45) is 5.73 Å². The molecule has 0 amide bonds. The van der Waals surface area contributed by atoms with Crippen LogP contribution >= 0.6 is 0 Å². The number of benzene rings is 2. The van der Waals surface area contributed by atoms with E-state index in [1.807, 2.05) is 0 Å². The Kier molecular flexibility index (Phi) is 3.15. The Balaban J connectivity index is 2.33. The minimum absolute atomic E-state index is 0.369. The molecule has 1 unspecified atom stereocenters. The second-order valence-electron chi connectivity index (χ2n) is 3.70. The summed E-state index contributed by atoms with van der Waals surface area (Å²) in [6, 6.07) is 8.45. The average molecular weight is 237 g/mol. The third-order valence-corrected chi connectivity index (χ3v) is 2.53. The van der Waals surface area contributed by atoms with Gasteiger partial charge in [0.25, 0.3) is 0 Å². The molecule has 0 fully saturated rings. The quantitative estimate of drug-likeness (QED) is 0.853. The van der Waals surface area contributed by atoms with Crippen LogP contribution in [-0.2, 0) is 0 Å². The number of nitrogens with two attached hydrogens (primary N) is 1. The van der Waals surface area contributed by atoms with Crippen LogP contribution in [0.4, 0.5) is 13.2 Å². The second kappa shape index (κ2) is 4.59. The molecule has 0 aromatic heterocycles. The Labute approximate surface area is 96.7 Å². The van der Waals surface area contributed by atoms with Gasteiger partial charge in [0.1, 0.15) is 5.82 Å². The van der Waals surface area contributed by atoms with Gasteiger partial charge in [0.2, 0.25) is 0 Å². The van der Waals surface area contributed by atoms with E-state index in [-0.39, 0.29) is 5.82 Å². The van der Waals surface area contributed by atoms with E-state index in [4.69, 9.17) is 5.73 Å². The lowest BCUT2D eigenvalue weighted by atomic mass is 9.99. The van der Waals surface area contributed by atoms with Gasteiger partial charge in [0, 0.05) is 0 Å². The third kappa shape index (κ3) is 2.47. The van der Waals surface area contributed by atoms with E-state index in [1.54, 1.807) is 0 Å². The average Bonchev–Trinajstić information content (AvgIpc) is 2.33. The van der Waals surface area contributed by atoms with Gasteiger partial charge in [-0.2, -0.15) is 0 Å². The maximum atomic E-state index is 13.0. The zero-order valence-electron chi connectivity index (χ0n) is 8.83. The van der Waals surface area contributed by atoms with Crippen molar-refractivity contribution in [1.82, 2.24) is 0 Å². The lowest BCUT2D eigenvalue weighted by Gasteiger charge is -2.12. The van der Waals surface area contributed by atoms with Gasteiger partial charge in [-0.05, 0) is 35.4 Å². The van der Waals surface area contributed by atoms with Crippen LogP contribution in [0.15, 0.2) is 42.5 Å². The summed E-state index contributed by atoms with van der Waals surface area (Å²) in [6.45, 7) is 0. The molecule has 0 aliphatic rings. The Morgan fingerprint density at radius 2 is 1.35 bits per heavy atom. The number of hydrogen-bond acceptors (Lipinski definition) is 1. The summed E-state index contributed by atoms with van der Waals surface area (Å²) in [5, 5.41) is 0. The molecule has 0 saturated carbocycles. The van der Waals surface area contributed by atoms with Crippen LogP contribution in [-0.4, -0.2) is 0 Å². The predicted molar refractivity (Wildman–Crippen MR) is 58.8 cm³/mol. The van der Waals surface area contributed by atoms with Crippen LogP contribution in [0, 0.1) is 17.5 Å². The molecule has 0 aliphatic carbocycles. The standard InChI is InChI=1S/C13H10F3N/c14-10-4-1-8(2-5-10)13(17)9-3-6-11(15)12(16)7-9/h1-7,13H,17H2. The molecule has 0 bridgehead atoms. The van der Waals surface area contributed by atoms with Crippen molar-refractivity contribution in [1.29, 1.82) is 0 Å². The number of rotatable bonds is 2. The highest BCUT2D eigenvalue weighted by molar-refractivity contribution is 5.31. The maximum absolute atomic E-state index is 13.0. The molecule has 17 heavy (non-hydrogen) atoms. The molecule has 2 rings (SSSR count). The van der Waals surface area contributed by atoms with E-state index < -0.39 is 17.7 Å². The summed E-state index contributed by atoms with van der Waals surface area (Å²) in [4.78, 5) is 0. The van der Waals surface area contributed by atoms with E-state index in [0.29, 0.717) is 11.1 Å². The molecule has 0 heterocycles. The Morgan fingerprint density at radius 3 is 1.94 bits per heavy atom. The summed E-state index contributed by atoms with van der Waals surface area (Å²) in [5.74, 6) is -2.23. The third-order valence-electron chi connectivity index (χ3n) is 2.53. The number of halogens is 3. The fourth-order valence-electron chi connectivity index (χ4n) is 1.57. The first kappa shape index (κ1) is 11.7. The van der Waals surface area contributed by atoms with Gasteiger partial charge in [0.05, 0.1) is 6.04 Å². The topological polar surface area (TPSA) is 26.0 Å². The van der Waals surface area contributed by atoms with Crippen molar-refractivity contribution >= 4 is 0 Å². The van der Waals surface area contributed by atoms with Gasteiger partial charge >= 0.3 is 0 Å². The Hall–Kier alpha value is -1.81. The summed E-state index contributed by atoms with van der Waals surface area (Å²) >= 11 is 0. The minimum Gasteiger partial charge on any atom is -0.320 e. The summed E-state index contributed by atoms with van der Waals surface area (Å²) < 4.78 is 38.5. The first-order valence-electron chi connectivity index (χ1n) is 5.04. The highest BCUT2D eigenvalue weighted by Gasteiger charge is 2.11. The van der Waals surface area contributed by atoms with Crippen LogP contribution < -0.4 is 5.73 Å². The molecule has 2 aromatic carbocycles. The zero-order chi connectivity index (χ0) is 12.4. The molecular weight excluding hydrogens is 227 g/mol. The van der Waals surface area contributed by atoms with Gasteiger partial charge in [-0.25, -0.2) is 13.2 Å². The first-order valence-corrected chi connectivity index (χ1v) is 5.04. The highest BCUT2D eigenvalue weighted by Crippen LogP contribution is 2.21. The fourth-order valence-corrected chi connectivity index (χ4v) is 1.57. The Bertz CT molecular complexity index is 523. The molecule has 4 heteroatoms. The molecule has 1 atom stereocenters. The summed E-state index contributed by atoms with van der Waals surface area (Å²) in [5.41, 5.74) is 6.95. The van der Waals surface area contributed by atoms with Crippen molar-refractivity contribution in [3.63, 3.8) is 0 Å². The van der Waals surface area contributed by atoms with E-state index >= 15 is 0 Å². The molecule has 2 aromatic rings. The summed E-state index contributed by atoms with van der Waals surface area (Å²) in [6.07, 6.45) is 0. The highest BCUT2D eigenvalue weighted by atomic mass is 19.2. The van der Waals surface area contributed by atoms with Gasteiger partial charge < -0.3 is 5.73 Å². The van der Waals surface area contributed by atoms with Gasteiger partial charge in [0.15, 0.2) is 11.6 Å². The normalized spacial score (nSPS) is 12.5. The van der Waals surface area contributed by atoms with Gasteiger partial charge in [-0.3, -0.25) is 0 Å². The van der Waals surface area contributed by atoms with Crippen molar-refractivity contribution in [2.45, 2.75) is 6.04 Å². The summed E-state index contributed by atoms with van der Waals surface area (Å²) in [7, 11) is 0. The molecule has 0 spiro atoms. The van der Waals surface area contributed by atoms with Crippen molar-refractivity contribution in [2.75, 3.05) is 0 Å². The molecule has 1 nitrogen and oxygen atoms in total. The van der Waals surface area contributed by atoms with E-state index in [2.05, 4.69) is 0 Å². The molecule has 0 radical (unpaired) electrons. The fraction of sp³-hybridized carbons (Fsp3) is 0.0769. The van der Waals surface area contributed by atoms with E-state index in [9.17, 15) is 13.2 Å². The second-order valence-corrected chi connectivity index (χ2v) is 3.70. The lowest BCUT2D eigenvalue weighted by molar-refractivity contribution is 0.506. The van der Waals surface area contributed by atoms with Crippen LogP contribution in [0.5, 0.6) is 0 Å². The van der Waals surface area contributed by atoms with Crippen LogP contribution in [0.1, 0.15) is 17.2 Å². The van der Waals surface area contributed by atoms with E-state index in [0.717, 1.165) is 12.1 Å². The van der Waals surface area contributed by atoms with E-state index in [1.165, 1.54) is 30.3 Å². The van der Waals surface area contributed by atoms with Gasteiger partial charge in [-0.15, -0.1) is 0 Å². The van der Waals surface area contributed by atoms with Crippen LogP contribution in [0.25, 0.3) is 0 Å². The predicted octanol–water partition coefficient (Wildman–Crippen LogP) is 3.15. The van der Waals surface area contributed by atoms with Crippen LogP contribution in [0.2, 0.25) is 0 Å². The molecule has 0 aliphatic heterocycles. The minimum atomic E-state index is -0.944. The molecule has 0 saturated heterocycles. The molecule has 2 N–H and O–H groups in total. The SMILES string of the molecule is NC(c1ccc(F)cc1)c1ccc(F)c(F)c1. The van der Waals surface area contributed by atoms with Crippen LogP contribution in [0.3, 0.4) is 0 Å². The molecule has 88 valence electrons. The smallest absolute Gasteiger partial charge is 0.159 e. The zero-order valence-corrected chi connectivity index (χ0v) is 8.83. The number of hydrogen-bond donors (Lipinski definition) is 1. The molecular formula is C13H10F3N. The van der Waals surface area contributed by atoms with Gasteiger partial charge in [-0.1, -0.05) is 18.2 Å². The largest absolute Gasteiger partial charge is 0.320 e. The Morgan fingerprint density at radius 1 is 0.765 bits per heavy atom. The first-order chi connectivity index (χ1) is 8.08. The van der Waals surface area contributed by atoms with Crippen molar-refractivity contribution < 1.29 is 13.2 Å². The monoisotopic (exact) mass is 237 g/mol.